The third-order valence-electron chi connectivity index (χ3n) is 6.83. The van der Waals surface area contributed by atoms with E-state index in [1.54, 1.807) is 7.11 Å². The minimum absolute atomic E-state index is 0.0676. The Bertz CT molecular complexity index is 437. The van der Waals surface area contributed by atoms with Crippen molar-refractivity contribution in [3.05, 3.63) is 0 Å². The second-order valence-electron chi connectivity index (χ2n) is 9.44. The highest BCUT2D eigenvalue weighted by Crippen LogP contribution is 2.41. The van der Waals surface area contributed by atoms with Gasteiger partial charge in [0.2, 0.25) is 0 Å². The van der Waals surface area contributed by atoms with Gasteiger partial charge in [-0.3, -0.25) is 4.79 Å². The van der Waals surface area contributed by atoms with Crippen LogP contribution in [0.3, 0.4) is 0 Å². The van der Waals surface area contributed by atoms with E-state index in [1.807, 2.05) is 0 Å². The van der Waals surface area contributed by atoms with Gasteiger partial charge >= 0.3 is 5.97 Å². The standard InChI is InChI=1S/C23H44O5/c1-5-6-15-23(2,3)21(25)14-13-18-17(19(24)16-20(18)28-4)11-9-7-8-10-12-22(26)27/h17-21,24-25H,5-16H2,1-4H3,(H,26,27)/t17-,18-,19+,20-,21?/m1/s1. The van der Waals surface area contributed by atoms with E-state index >= 15 is 0 Å². The van der Waals surface area contributed by atoms with Crippen LogP contribution in [0.5, 0.6) is 0 Å². The molecule has 5 heteroatoms. The number of aliphatic hydroxyl groups is 2. The summed E-state index contributed by atoms with van der Waals surface area (Å²) in [4.78, 5) is 10.6. The van der Waals surface area contributed by atoms with Crippen molar-refractivity contribution in [3.63, 3.8) is 0 Å². The van der Waals surface area contributed by atoms with E-state index in [9.17, 15) is 15.0 Å². The minimum atomic E-state index is -0.727. The van der Waals surface area contributed by atoms with Crippen molar-refractivity contribution in [2.24, 2.45) is 17.3 Å². The van der Waals surface area contributed by atoms with Crippen LogP contribution in [-0.2, 0) is 9.53 Å². The summed E-state index contributed by atoms with van der Waals surface area (Å²) in [6.07, 6.45) is 9.91. The Kier molecular flexibility index (Phi) is 11.6. The smallest absolute Gasteiger partial charge is 0.303 e. The zero-order chi connectivity index (χ0) is 21.2. The van der Waals surface area contributed by atoms with Crippen molar-refractivity contribution >= 4 is 5.97 Å². The maximum atomic E-state index is 10.7. The van der Waals surface area contributed by atoms with Crippen LogP contribution in [-0.4, -0.2) is 46.7 Å². The van der Waals surface area contributed by atoms with Crippen LogP contribution in [0.15, 0.2) is 0 Å². The molecule has 5 atom stereocenters. The van der Waals surface area contributed by atoms with Crippen LogP contribution in [0.25, 0.3) is 0 Å². The predicted molar refractivity (Wildman–Crippen MR) is 112 cm³/mol. The van der Waals surface area contributed by atoms with Gasteiger partial charge in [-0.15, -0.1) is 0 Å². The van der Waals surface area contributed by atoms with Gasteiger partial charge in [-0.1, -0.05) is 52.9 Å². The van der Waals surface area contributed by atoms with Crippen LogP contribution in [0.1, 0.15) is 97.8 Å². The number of carboxylic acid groups (broad SMARTS) is 1. The predicted octanol–water partition coefficient (Wildman–Crippen LogP) is 4.78. The van der Waals surface area contributed by atoms with E-state index in [-0.39, 0.29) is 42.0 Å². The van der Waals surface area contributed by atoms with Gasteiger partial charge in [0.25, 0.3) is 0 Å². The molecule has 0 aromatic carbocycles. The lowest BCUT2D eigenvalue weighted by Crippen LogP contribution is -2.31. The van der Waals surface area contributed by atoms with E-state index < -0.39 is 5.97 Å². The first kappa shape index (κ1) is 25.4. The first-order chi connectivity index (χ1) is 13.2. The fraction of sp³-hybridized carbons (Fsp3) is 0.957. The Morgan fingerprint density at radius 1 is 1.11 bits per heavy atom. The van der Waals surface area contributed by atoms with E-state index in [0.29, 0.717) is 6.42 Å². The summed E-state index contributed by atoms with van der Waals surface area (Å²) in [6, 6.07) is 0. The Balaban J connectivity index is 2.51. The summed E-state index contributed by atoms with van der Waals surface area (Å²) in [5.41, 5.74) is -0.0740. The molecule has 0 radical (unpaired) electrons. The number of carboxylic acids is 1. The summed E-state index contributed by atoms with van der Waals surface area (Å²) in [7, 11) is 1.72. The number of aliphatic carboxylic acids is 1. The molecule has 0 bridgehead atoms. The molecule has 166 valence electrons. The topological polar surface area (TPSA) is 87.0 Å². The average molecular weight is 401 g/mol. The van der Waals surface area contributed by atoms with E-state index in [0.717, 1.165) is 64.2 Å². The van der Waals surface area contributed by atoms with Crippen molar-refractivity contribution < 1.29 is 24.9 Å². The van der Waals surface area contributed by atoms with Crippen LogP contribution in [0.2, 0.25) is 0 Å². The molecule has 1 aliphatic rings. The SMILES string of the molecule is CCCCC(C)(C)C(O)CC[C@@H]1[C@@H](CCCCCCC(=O)O)[C@@H](O)C[C@H]1OC. The average Bonchev–Trinajstić information content (AvgIpc) is 2.95. The molecule has 0 aromatic rings. The Hall–Kier alpha value is -0.650. The summed E-state index contributed by atoms with van der Waals surface area (Å²) in [6.45, 7) is 6.48. The molecular weight excluding hydrogens is 356 g/mol. The highest BCUT2D eigenvalue weighted by Gasteiger charge is 2.42. The van der Waals surface area contributed by atoms with Crippen LogP contribution >= 0.6 is 0 Å². The van der Waals surface area contributed by atoms with Crippen LogP contribution in [0, 0.1) is 17.3 Å². The molecule has 0 aliphatic heterocycles. The summed E-state index contributed by atoms with van der Waals surface area (Å²) in [5.74, 6) is -0.222. The molecule has 1 aliphatic carbocycles. The van der Waals surface area contributed by atoms with Gasteiger partial charge in [0.1, 0.15) is 0 Å². The van der Waals surface area contributed by atoms with Gasteiger partial charge in [-0.05, 0) is 49.4 Å². The van der Waals surface area contributed by atoms with Gasteiger partial charge in [0, 0.05) is 20.0 Å². The molecule has 1 rings (SSSR count). The fourth-order valence-electron chi connectivity index (χ4n) is 4.78. The van der Waals surface area contributed by atoms with Crippen molar-refractivity contribution in [3.8, 4) is 0 Å². The maximum absolute atomic E-state index is 10.7. The number of carbonyl (C=O) groups is 1. The zero-order valence-corrected chi connectivity index (χ0v) is 18.5. The normalized spacial score (nSPS) is 26.5. The van der Waals surface area contributed by atoms with Crippen molar-refractivity contribution in [2.45, 2.75) is 116 Å². The third kappa shape index (κ3) is 8.38. The van der Waals surface area contributed by atoms with Crippen molar-refractivity contribution in [1.82, 2.24) is 0 Å². The molecule has 0 heterocycles. The van der Waals surface area contributed by atoms with Crippen LogP contribution < -0.4 is 0 Å². The van der Waals surface area contributed by atoms with Gasteiger partial charge in [0.15, 0.2) is 0 Å². The monoisotopic (exact) mass is 400 g/mol. The number of hydrogen-bond acceptors (Lipinski definition) is 4. The highest BCUT2D eigenvalue weighted by atomic mass is 16.5. The Labute approximate surface area is 171 Å². The molecule has 3 N–H and O–H groups in total. The lowest BCUT2D eigenvalue weighted by molar-refractivity contribution is -0.137. The number of methoxy groups -OCH3 is 1. The molecule has 0 amide bonds. The molecule has 0 aromatic heterocycles. The van der Waals surface area contributed by atoms with E-state index in [2.05, 4.69) is 20.8 Å². The first-order valence-corrected chi connectivity index (χ1v) is 11.3. The molecule has 1 saturated carbocycles. The maximum Gasteiger partial charge on any atom is 0.303 e. The second kappa shape index (κ2) is 12.8. The molecule has 28 heavy (non-hydrogen) atoms. The minimum Gasteiger partial charge on any atom is -0.481 e. The lowest BCUT2D eigenvalue weighted by atomic mass is 9.77. The van der Waals surface area contributed by atoms with Gasteiger partial charge in [-0.2, -0.15) is 0 Å². The van der Waals surface area contributed by atoms with Gasteiger partial charge < -0.3 is 20.1 Å². The Morgan fingerprint density at radius 3 is 2.39 bits per heavy atom. The summed E-state index contributed by atoms with van der Waals surface area (Å²) in [5, 5.41) is 30.0. The molecule has 1 unspecified atom stereocenters. The van der Waals surface area contributed by atoms with E-state index in [4.69, 9.17) is 9.84 Å². The zero-order valence-electron chi connectivity index (χ0n) is 18.5. The Morgan fingerprint density at radius 2 is 1.79 bits per heavy atom. The lowest BCUT2D eigenvalue weighted by Gasteiger charge is -2.33. The highest BCUT2D eigenvalue weighted by molar-refractivity contribution is 5.66. The third-order valence-corrected chi connectivity index (χ3v) is 6.83. The quantitative estimate of drug-likeness (QED) is 0.344. The van der Waals surface area contributed by atoms with Gasteiger partial charge in [-0.25, -0.2) is 0 Å². The number of ether oxygens (including phenoxy) is 1. The van der Waals surface area contributed by atoms with E-state index in [1.165, 1.54) is 0 Å². The second-order valence-corrected chi connectivity index (χ2v) is 9.44. The number of unbranched alkanes of at least 4 members (excludes halogenated alkanes) is 4. The fourth-order valence-corrected chi connectivity index (χ4v) is 4.78. The molecule has 0 spiro atoms. The summed E-state index contributed by atoms with van der Waals surface area (Å²) >= 11 is 0. The number of rotatable bonds is 15. The molecule has 5 nitrogen and oxygen atoms in total. The van der Waals surface area contributed by atoms with Crippen molar-refractivity contribution in [1.29, 1.82) is 0 Å². The van der Waals surface area contributed by atoms with Gasteiger partial charge in [0.05, 0.1) is 18.3 Å². The van der Waals surface area contributed by atoms with Crippen LogP contribution in [0.4, 0.5) is 0 Å². The van der Waals surface area contributed by atoms with Crippen molar-refractivity contribution in [2.75, 3.05) is 7.11 Å². The molecular formula is C23H44O5. The number of aliphatic hydroxyl groups excluding tert-OH is 2. The molecule has 0 saturated heterocycles. The summed E-state index contributed by atoms with van der Waals surface area (Å²) < 4.78 is 5.67. The molecule has 1 fully saturated rings. The number of hydrogen-bond donors (Lipinski definition) is 3. The first-order valence-electron chi connectivity index (χ1n) is 11.3. The largest absolute Gasteiger partial charge is 0.481 e.